The van der Waals surface area contributed by atoms with Gasteiger partial charge in [-0.05, 0) is 42.5 Å². The number of pyridine rings is 1. The first kappa shape index (κ1) is 16.1. The molecule has 4 rings (SSSR count). The lowest BCUT2D eigenvalue weighted by Crippen LogP contribution is -2.44. The van der Waals surface area contributed by atoms with E-state index in [1.165, 1.54) is 29.4 Å². The molecule has 1 aliphatic rings. The van der Waals surface area contributed by atoms with Gasteiger partial charge in [-0.25, -0.2) is 4.39 Å². The summed E-state index contributed by atoms with van der Waals surface area (Å²) in [4.78, 5) is 31.4. The molecule has 1 amide bonds. The third-order valence-corrected chi connectivity index (χ3v) is 4.47. The average molecular weight is 353 g/mol. The molecule has 0 saturated heterocycles. The molecule has 2 aromatic heterocycles. The number of nitrogens with one attached hydrogen (secondary N) is 1. The average Bonchev–Trinajstić information content (AvgIpc) is 3.16. The first-order chi connectivity index (χ1) is 12.5. The number of fused-ring (bicyclic) bond motifs is 1. The number of carbonyl (C=O) groups is 1. The van der Waals surface area contributed by atoms with Crippen LogP contribution in [0.25, 0.3) is 11.5 Å². The molecule has 3 heterocycles. The summed E-state index contributed by atoms with van der Waals surface area (Å²) < 4.78 is 18.8. The predicted molar refractivity (Wildman–Crippen MR) is 96.1 cm³/mol. The minimum absolute atomic E-state index is 0.0279. The van der Waals surface area contributed by atoms with Crippen LogP contribution in [0.15, 0.2) is 57.9 Å². The van der Waals surface area contributed by atoms with Crippen LogP contribution < -0.4 is 15.4 Å². The molecule has 1 aromatic carbocycles. The fourth-order valence-electron chi connectivity index (χ4n) is 3.10. The number of likely N-dealkylation sites (N-methyl/N-ethyl adjacent to an activating group) is 1. The van der Waals surface area contributed by atoms with E-state index in [1.807, 2.05) is 11.9 Å². The Morgan fingerprint density at radius 3 is 2.73 bits per heavy atom. The van der Waals surface area contributed by atoms with Crippen LogP contribution in [-0.2, 0) is 0 Å². The third-order valence-electron chi connectivity index (χ3n) is 4.47. The van der Waals surface area contributed by atoms with Crippen molar-refractivity contribution in [3.05, 3.63) is 70.5 Å². The van der Waals surface area contributed by atoms with E-state index in [9.17, 15) is 14.0 Å². The number of halogens is 1. The van der Waals surface area contributed by atoms with E-state index in [-0.39, 0.29) is 11.4 Å². The minimum Gasteiger partial charge on any atom is -0.463 e. The van der Waals surface area contributed by atoms with E-state index >= 15 is 0 Å². The topological polar surface area (TPSA) is 69.5 Å². The molecule has 26 heavy (non-hydrogen) atoms. The van der Waals surface area contributed by atoms with Gasteiger partial charge in [0.05, 0.1) is 23.3 Å². The number of H-pyrrole nitrogens is 1. The minimum atomic E-state index is -0.494. The number of furan rings is 1. The molecule has 0 radical (unpaired) electrons. The van der Waals surface area contributed by atoms with Crippen LogP contribution in [-0.4, -0.2) is 31.0 Å². The van der Waals surface area contributed by atoms with E-state index < -0.39 is 11.5 Å². The summed E-state index contributed by atoms with van der Waals surface area (Å²) in [5.74, 6) is -0.273. The zero-order valence-electron chi connectivity index (χ0n) is 14.0. The molecule has 1 aliphatic heterocycles. The molecule has 0 unspecified atom stereocenters. The Hall–Kier alpha value is -3.35. The molecule has 132 valence electrons. The van der Waals surface area contributed by atoms with Crippen LogP contribution in [0.4, 0.5) is 15.8 Å². The molecule has 1 N–H and O–H groups in total. The first-order valence-corrected chi connectivity index (χ1v) is 8.14. The SMILES string of the molecule is CN1CCN(C(=O)c2ccc(-c3ccco3)[nH]c2=O)c2ccc(F)cc21. The van der Waals surface area contributed by atoms with Gasteiger partial charge in [-0.1, -0.05) is 0 Å². The smallest absolute Gasteiger partial charge is 0.263 e. The molecule has 0 atom stereocenters. The second kappa shape index (κ2) is 6.18. The number of aromatic amines is 1. The number of anilines is 2. The summed E-state index contributed by atoms with van der Waals surface area (Å²) in [7, 11) is 1.84. The number of amides is 1. The Morgan fingerprint density at radius 1 is 1.15 bits per heavy atom. The maximum absolute atomic E-state index is 13.6. The van der Waals surface area contributed by atoms with Gasteiger partial charge >= 0.3 is 0 Å². The van der Waals surface area contributed by atoms with Crippen molar-refractivity contribution in [3.63, 3.8) is 0 Å². The van der Waals surface area contributed by atoms with Gasteiger partial charge in [0.2, 0.25) is 0 Å². The number of aromatic nitrogens is 1. The molecule has 0 aliphatic carbocycles. The highest BCUT2D eigenvalue weighted by atomic mass is 19.1. The second-order valence-electron chi connectivity index (χ2n) is 6.10. The van der Waals surface area contributed by atoms with Crippen molar-refractivity contribution < 1.29 is 13.6 Å². The molecular formula is C19H16FN3O3. The van der Waals surface area contributed by atoms with Gasteiger partial charge in [0.15, 0.2) is 0 Å². The van der Waals surface area contributed by atoms with Gasteiger partial charge in [0.1, 0.15) is 17.1 Å². The zero-order chi connectivity index (χ0) is 18.3. The summed E-state index contributed by atoms with van der Waals surface area (Å²) >= 11 is 0. The molecular weight excluding hydrogens is 337 g/mol. The predicted octanol–water partition coefficient (Wildman–Crippen LogP) is 2.87. The number of hydrogen-bond donors (Lipinski definition) is 1. The van der Waals surface area contributed by atoms with Gasteiger partial charge in [0, 0.05) is 20.1 Å². The lowest BCUT2D eigenvalue weighted by Gasteiger charge is -2.35. The van der Waals surface area contributed by atoms with Crippen molar-refractivity contribution >= 4 is 17.3 Å². The van der Waals surface area contributed by atoms with E-state index in [2.05, 4.69) is 4.98 Å². The van der Waals surface area contributed by atoms with Gasteiger partial charge < -0.3 is 19.2 Å². The summed E-state index contributed by atoms with van der Waals surface area (Å²) in [6.07, 6.45) is 1.51. The van der Waals surface area contributed by atoms with E-state index in [0.717, 1.165) is 0 Å². The zero-order valence-corrected chi connectivity index (χ0v) is 14.0. The van der Waals surface area contributed by atoms with Gasteiger partial charge in [-0.2, -0.15) is 0 Å². The van der Waals surface area contributed by atoms with Crippen molar-refractivity contribution in [2.24, 2.45) is 0 Å². The van der Waals surface area contributed by atoms with Crippen LogP contribution in [0.2, 0.25) is 0 Å². The Morgan fingerprint density at radius 2 is 2.00 bits per heavy atom. The van der Waals surface area contributed by atoms with Crippen molar-refractivity contribution in [2.75, 3.05) is 29.9 Å². The maximum Gasteiger partial charge on any atom is 0.263 e. The lowest BCUT2D eigenvalue weighted by atomic mass is 10.1. The second-order valence-corrected chi connectivity index (χ2v) is 6.10. The van der Waals surface area contributed by atoms with Gasteiger partial charge in [0.25, 0.3) is 11.5 Å². The monoisotopic (exact) mass is 353 g/mol. The highest BCUT2D eigenvalue weighted by Gasteiger charge is 2.28. The quantitative estimate of drug-likeness (QED) is 0.769. The molecule has 0 bridgehead atoms. The molecule has 3 aromatic rings. The van der Waals surface area contributed by atoms with Gasteiger partial charge in [-0.3, -0.25) is 9.59 Å². The summed E-state index contributed by atoms with van der Waals surface area (Å²) in [6, 6.07) is 10.8. The van der Waals surface area contributed by atoms with E-state index in [0.29, 0.717) is 35.9 Å². The van der Waals surface area contributed by atoms with Crippen LogP contribution in [0.5, 0.6) is 0 Å². The maximum atomic E-state index is 13.6. The number of rotatable bonds is 2. The number of benzene rings is 1. The van der Waals surface area contributed by atoms with E-state index in [1.54, 1.807) is 24.3 Å². The molecule has 6 nitrogen and oxygen atoms in total. The largest absolute Gasteiger partial charge is 0.463 e. The number of nitrogens with zero attached hydrogens (tertiary/aromatic N) is 2. The Balaban J connectivity index is 1.71. The van der Waals surface area contributed by atoms with Crippen molar-refractivity contribution in [2.45, 2.75) is 0 Å². The summed E-state index contributed by atoms with van der Waals surface area (Å²) in [5, 5.41) is 0. The van der Waals surface area contributed by atoms with Crippen molar-refractivity contribution in [1.82, 2.24) is 4.98 Å². The van der Waals surface area contributed by atoms with Crippen LogP contribution in [0.3, 0.4) is 0 Å². The van der Waals surface area contributed by atoms with Crippen LogP contribution >= 0.6 is 0 Å². The van der Waals surface area contributed by atoms with Gasteiger partial charge in [-0.15, -0.1) is 0 Å². The number of hydrogen-bond acceptors (Lipinski definition) is 4. The van der Waals surface area contributed by atoms with E-state index in [4.69, 9.17) is 4.42 Å². The molecule has 0 saturated carbocycles. The Labute approximate surface area is 148 Å². The molecule has 7 heteroatoms. The third kappa shape index (κ3) is 2.67. The summed E-state index contributed by atoms with van der Waals surface area (Å²) in [5.41, 5.74) is 1.23. The Bertz CT molecular complexity index is 1030. The van der Waals surface area contributed by atoms with Crippen molar-refractivity contribution in [3.8, 4) is 11.5 Å². The van der Waals surface area contributed by atoms with Crippen LogP contribution in [0, 0.1) is 5.82 Å². The highest BCUT2D eigenvalue weighted by Crippen LogP contribution is 2.33. The number of carbonyl (C=O) groups excluding carboxylic acids is 1. The highest BCUT2D eigenvalue weighted by molar-refractivity contribution is 6.08. The van der Waals surface area contributed by atoms with Crippen molar-refractivity contribution in [1.29, 1.82) is 0 Å². The lowest BCUT2D eigenvalue weighted by molar-refractivity contribution is 0.0985. The molecule has 0 spiro atoms. The first-order valence-electron chi connectivity index (χ1n) is 8.14. The standard InChI is InChI=1S/C19H16FN3O3/c1-22-8-9-23(15-7-4-12(20)11-16(15)22)19(25)13-5-6-14(21-18(13)24)17-3-2-10-26-17/h2-7,10-11H,8-9H2,1H3,(H,21,24). The fraction of sp³-hybridized carbons (Fsp3) is 0.158. The Kier molecular flexibility index (Phi) is 3.84. The summed E-state index contributed by atoms with van der Waals surface area (Å²) in [6.45, 7) is 0.956. The fourth-order valence-corrected chi connectivity index (χ4v) is 3.10. The molecule has 0 fully saturated rings. The van der Waals surface area contributed by atoms with Crippen LogP contribution in [0.1, 0.15) is 10.4 Å². The normalized spacial score (nSPS) is 13.6.